The second-order valence-corrected chi connectivity index (χ2v) is 5.97. The zero-order chi connectivity index (χ0) is 15.0. The summed E-state index contributed by atoms with van der Waals surface area (Å²) >= 11 is 5.92. The van der Waals surface area contributed by atoms with Crippen LogP contribution in [0, 0.1) is 13.8 Å². The number of benzene rings is 1. The van der Waals surface area contributed by atoms with E-state index in [9.17, 15) is 4.79 Å². The van der Waals surface area contributed by atoms with E-state index in [1.807, 2.05) is 43.0 Å². The second kappa shape index (κ2) is 5.53. The average molecular weight is 304 g/mol. The highest BCUT2D eigenvalue weighted by Gasteiger charge is 2.33. The van der Waals surface area contributed by atoms with Crippen molar-refractivity contribution in [2.24, 2.45) is 0 Å². The molecule has 5 heteroatoms. The van der Waals surface area contributed by atoms with E-state index < -0.39 is 0 Å². The first kappa shape index (κ1) is 14.1. The number of H-pyrrole nitrogens is 1. The van der Waals surface area contributed by atoms with Gasteiger partial charge >= 0.3 is 0 Å². The minimum Gasteiger partial charge on any atom is -0.335 e. The Kier molecular flexibility index (Phi) is 3.72. The number of likely N-dealkylation sites (tertiary alicyclic amines) is 1. The van der Waals surface area contributed by atoms with Crippen molar-refractivity contribution in [2.45, 2.75) is 32.7 Å². The van der Waals surface area contributed by atoms with Crippen LogP contribution in [0.3, 0.4) is 0 Å². The molecular formula is C16H18ClN3O. The number of carbonyl (C=O) groups is 1. The number of aromatic nitrogens is 2. The summed E-state index contributed by atoms with van der Waals surface area (Å²) < 4.78 is 0. The Bertz CT molecular complexity index is 643. The molecule has 0 radical (unpaired) electrons. The number of rotatable bonds is 3. The summed E-state index contributed by atoms with van der Waals surface area (Å²) in [6.07, 6.45) is 1.43. The number of amides is 1. The molecule has 110 valence electrons. The minimum atomic E-state index is 0.161. The molecule has 1 aromatic carbocycles. The van der Waals surface area contributed by atoms with E-state index in [1.165, 1.54) is 0 Å². The average Bonchev–Trinajstić information content (AvgIpc) is 2.72. The van der Waals surface area contributed by atoms with Crippen molar-refractivity contribution in [2.75, 3.05) is 6.54 Å². The van der Waals surface area contributed by atoms with E-state index in [1.54, 1.807) is 0 Å². The highest BCUT2D eigenvalue weighted by atomic mass is 35.5. The molecule has 1 atom stereocenters. The lowest BCUT2D eigenvalue weighted by Gasteiger charge is -2.41. The van der Waals surface area contributed by atoms with Crippen molar-refractivity contribution in [1.82, 2.24) is 15.1 Å². The van der Waals surface area contributed by atoms with Gasteiger partial charge < -0.3 is 4.90 Å². The van der Waals surface area contributed by atoms with Crippen molar-refractivity contribution in [1.29, 1.82) is 0 Å². The van der Waals surface area contributed by atoms with Crippen LogP contribution in [0.4, 0.5) is 0 Å². The Morgan fingerprint density at radius 1 is 1.38 bits per heavy atom. The standard InChI is InChI=1S/C16H18ClN3O/c1-10-14(11(2)19-18-10)9-16(21)20-8-7-15(20)12-3-5-13(17)6-4-12/h3-6,15H,7-9H2,1-2H3,(H,18,19). The van der Waals surface area contributed by atoms with Gasteiger partial charge in [-0.25, -0.2) is 0 Å². The lowest BCUT2D eigenvalue weighted by Crippen LogP contribution is -2.45. The zero-order valence-electron chi connectivity index (χ0n) is 12.2. The number of nitrogens with zero attached hydrogens (tertiary/aromatic N) is 2. The number of hydrogen-bond donors (Lipinski definition) is 1. The van der Waals surface area contributed by atoms with Gasteiger partial charge in [-0.2, -0.15) is 5.10 Å². The van der Waals surface area contributed by atoms with Crippen LogP contribution in [0.25, 0.3) is 0 Å². The summed E-state index contributed by atoms with van der Waals surface area (Å²) in [5.74, 6) is 0.161. The maximum Gasteiger partial charge on any atom is 0.227 e. The van der Waals surface area contributed by atoms with Crippen LogP contribution in [-0.4, -0.2) is 27.5 Å². The van der Waals surface area contributed by atoms with E-state index in [4.69, 9.17) is 11.6 Å². The molecule has 1 fully saturated rings. The third kappa shape index (κ3) is 2.68. The van der Waals surface area contributed by atoms with Crippen LogP contribution >= 0.6 is 11.6 Å². The summed E-state index contributed by atoms with van der Waals surface area (Å²) in [4.78, 5) is 14.4. The van der Waals surface area contributed by atoms with Crippen molar-refractivity contribution in [3.05, 3.63) is 51.8 Å². The molecular weight excluding hydrogens is 286 g/mol. The lowest BCUT2D eigenvalue weighted by atomic mass is 9.93. The number of aryl methyl sites for hydroxylation is 2. The summed E-state index contributed by atoms with van der Waals surface area (Å²) in [6, 6.07) is 7.94. The number of hydrogen-bond acceptors (Lipinski definition) is 2. The topological polar surface area (TPSA) is 49.0 Å². The van der Waals surface area contributed by atoms with E-state index in [0.717, 1.165) is 40.5 Å². The van der Waals surface area contributed by atoms with Gasteiger partial charge in [0.25, 0.3) is 0 Å². The van der Waals surface area contributed by atoms with Gasteiger partial charge in [0.2, 0.25) is 5.91 Å². The smallest absolute Gasteiger partial charge is 0.227 e. The van der Waals surface area contributed by atoms with Crippen LogP contribution in [0.15, 0.2) is 24.3 Å². The molecule has 1 N–H and O–H groups in total. The molecule has 1 aliphatic rings. The molecule has 1 amide bonds. The first-order chi connectivity index (χ1) is 10.1. The zero-order valence-corrected chi connectivity index (χ0v) is 12.9. The number of aromatic amines is 1. The largest absolute Gasteiger partial charge is 0.335 e. The molecule has 1 unspecified atom stereocenters. The maximum atomic E-state index is 12.5. The van der Waals surface area contributed by atoms with E-state index >= 15 is 0 Å². The van der Waals surface area contributed by atoms with E-state index in [2.05, 4.69) is 10.2 Å². The highest BCUT2D eigenvalue weighted by molar-refractivity contribution is 6.30. The predicted octanol–water partition coefficient (Wildman–Crippen LogP) is 3.20. The van der Waals surface area contributed by atoms with Crippen LogP contribution in [0.2, 0.25) is 5.02 Å². The van der Waals surface area contributed by atoms with Crippen LogP contribution in [0.1, 0.15) is 35.0 Å². The molecule has 0 aliphatic carbocycles. The van der Waals surface area contributed by atoms with Crippen molar-refractivity contribution in [3.63, 3.8) is 0 Å². The molecule has 3 rings (SSSR count). The summed E-state index contributed by atoms with van der Waals surface area (Å²) in [7, 11) is 0. The van der Waals surface area contributed by atoms with Gasteiger partial charge in [-0.3, -0.25) is 9.89 Å². The predicted molar refractivity (Wildman–Crippen MR) is 82.3 cm³/mol. The summed E-state index contributed by atoms with van der Waals surface area (Å²) in [5.41, 5.74) is 4.05. The summed E-state index contributed by atoms with van der Waals surface area (Å²) in [6.45, 7) is 4.70. The number of carbonyl (C=O) groups excluding carboxylic acids is 1. The van der Waals surface area contributed by atoms with Gasteiger partial charge in [-0.1, -0.05) is 23.7 Å². The fourth-order valence-corrected chi connectivity index (χ4v) is 2.93. The Morgan fingerprint density at radius 3 is 2.62 bits per heavy atom. The van der Waals surface area contributed by atoms with Gasteiger partial charge in [-0.05, 0) is 38.0 Å². The molecule has 2 aromatic rings. The Labute approximate surface area is 129 Å². The number of halogens is 1. The first-order valence-electron chi connectivity index (χ1n) is 7.11. The quantitative estimate of drug-likeness (QED) is 0.946. The molecule has 1 aromatic heterocycles. The minimum absolute atomic E-state index is 0.161. The van der Waals surface area contributed by atoms with Gasteiger partial charge in [0.15, 0.2) is 0 Å². The molecule has 0 saturated carbocycles. The van der Waals surface area contributed by atoms with Gasteiger partial charge in [-0.15, -0.1) is 0 Å². The van der Waals surface area contributed by atoms with Gasteiger partial charge in [0.1, 0.15) is 0 Å². The molecule has 0 bridgehead atoms. The highest BCUT2D eigenvalue weighted by Crippen LogP contribution is 2.34. The second-order valence-electron chi connectivity index (χ2n) is 5.53. The molecule has 0 spiro atoms. The van der Waals surface area contributed by atoms with Crippen LogP contribution in [-0.2, 0) is 11.2 Å². The molecule has 1 saturated heterocycles. The Balaban J connectivity index is 1.72. The summed E-state index contributed by atoms with van der Waals surface area (Å²) in [5, 5.41) is 7.80. The normalized spacial score (nSPS) is 17.7. The van der Waals surface area contributed by atoms with Crippen molar-refractivity contribution < 1.29 is 4.79 Å². The fraction of sp³-hybridized carbons (Fsp3) is 0.375. The fourth-order valence-electron chi connectivity index (χ4n) is 2.80. The number of nitrogens with one attached hydrogen (secondary N) is 1. The van der Waals surface area contributed by atoms with Crippen LogP contribution < -0.4 is 0 Å². The lowest BCUT2D eigenvalue weighted by molar-refractivity contribution is -0.138. The third-order valence-corrected chi connectivity index (χ3v) is 4.46. The molecule has 1 aliphatic heterocycles. The maximum absolute atomic E-state index is 12.5. The van der Waals surface area contributed by atoms with Crippen LogP contribution in [0.5, 0.6) is 0 Å². The Morgan fingerprint density at radius 2 is 2.10 bits per heavy atom. The molecule has 4 nitrogen and oxygen atoms in total. The van der Waals surface area contributed by atoms with Crippen molar-refractivity contribution in [3.8, 4) is 0 Å². The van der Waals surface area contributed by atoms with Gasteiger partial charge in [0.05, 0.1) is 18.2 Å². The van der Waals surface area contributed by atoms with Gasteiger partial charge in [0, 0.05) is 22.8 Å². The van der Waals surface area contributed by atoms with E-state index in [0.29, 0.717) is 6.42 Å². The van der Waals surface area contributed by atoms with Crippen molar-refractivity contribution >= 4 is 17.5 Å². The SMILES string of the molecule is Cc1n[nH]c(C)c1CC(=O)N1CCC1c1ccc(Cl)cc1. The molecule has 21 heavy (non-hydrogen) atoms. The third-order valence-electron chi connectivity index (χ3n) is 4.20. The monoisotopic (exact) mass is 303 g/mol. The Hall–Kier alpha value is -1.81. The molecule has 2 heterocycles. The first-order valence-corrected chi connectivity index (χ1v) is 7.49. The van der Waals surface area contributed by atoms with E-state index in [-0.39, 0.29) is 11.9 Å².